The third-order valence-electron chi connectivity index (χ3n) is 3.17. The second-order valence-corrected chi connectivity index (χ2v) is 4.90. The molecule has 0 aliphatic heterocycles. The number of hydrogen-bond donors (Lipinski definition) is 2. The number of carbonyl (C=O) groups is 3. The average molecular weight is 324 g/mol. The summed E-state index contributed by atoms with van der Waals surface area (Å²) in [7, 11) is 0. The Morgan fingerprint density at radius 1 is 1.08 bits per heavy atom. The van der Waals surface area contributed by atoms with Gasteiger partial charge >= 0.3 is 5.97 Å². The van der Waals surface area contributed by atoms with Crippen LogP contribution in [0, 0.1) is 0 Å². The normalized spacial score (nSPS) is 9.83. The minimum Gasteiger partial charge on any atom is -0.423 e. The van der Waals surface area contributed by atoms with Gasteiger partial charge < -0.3 is 15.8 Å². The van der Waals surface area contributed by atoms with Gasteiger partial charge in [0.15, 0.2) is 0 Å². The number of ether oxygens (including phenoxy) is 1. The van der Waals surface area contributed by atoms with Crippen molar-refractivity contribution in [3.05, 3.63) is 77.9 Å². The van der Waals surface area contributed by atoms with Crippen molar-refractivity contribution in [2.24, 2.45) is 5.73 Å². The fourth-order valence-corrected chi connectivity index (χ4v) is 1.90. The summed E-state index contributed by atoms with van der Waals surface area (Å²) in [5, 5.41) is 2.64. The Bertz CT molecular complexity index is 782. The molecule has 0 spiro atoms. The molecule has 0 saturated heterocycles. The minimum atomic E-state index is -0.598. The van der Waals surface area contributed by atoms with E-state index in [9.17, 15) is 14.4 Å². The summed E-state index contributed by atoms with van der Waals surface area (Å²) in [6, 6.07) is 12.7. The first-order chi connectivity index (χ1) is 11.5. The van der Waals surface area contributed by atoms with Crippen molar-refractivity contribution in [1.82, 2.24) is 5.32 Å². The average Bonchev–Trinajstić information content (AvgIpc) is 2.60. The van der Waals surface area contributed by atoms with E-state index in [1.165, 1.54) is 18.2 Å². The molecule has 0 saturated carbocycles. The van der Waals surface area contributed by atoms with Gasteiger partial charge in [0.05, 0.1) is 5.56 Å². The topological polar surface area (TPSA) is 98.5 Å². The lowest BCUT2D eigenvalue weighted by molar-refractivity contribution is -0.116. The fraction of sp³-hybridized carbons (Fsp3) is 0.0556. The van der Waals surface area contributed by atoms with Crippen LogP contribution in [0.15, 0.2) is 61.2 Å². The van der Waals surface area contributed by atoms with E-state index >= 15 is 0 Å². The quantitative estimate of drug-likeness (QED) is 0.481. The SMILES string of the molecule is C=CC(=O)NCc1ccc(C(=O)Oc2cccc(C(N)=O)c2)cc1. The van der Waals surface area contributed by atoms with E-state index in [2.05, 4.69) is 11.9 Å². The maximum Gasteiger partial charge on any atom is 0.343 e. The zero-order valence-corrected chi connectivity index (χ0v) is 12.8. The lowest BCUT2D eigenvalue weighted by Crippen LogP contribution is -2.20. The van der Waals surface area contributed by atoms with Crippen LogP contribution in [0.4, 0.5) is 0 Å². The van der Waals surface area contributed by atoms with Gasteiger partial charge in [0, 0.05) is 12.1 Å². The Labute approximate surface area is 138 Å². The molecule has 6 heteroatoms. The van der Waals surface area contributed by atoms with Crippen molar-refractivity contribution < 1.29 is 19.1 Å². The van der Waals surface area contributed by atoms with E-state index in [0.717, 1.165) is 5.56 Å². The highest BCUT2D eigenvalue weighted by atomic mass is 16.5. The van der Waals surface area contributed by atoms with Crippen molar-refractivity contribution in [1.29, 1.82) is 0 Å². The van der Waals surface area contributed by atoms with E-state index in [0.29, 0.717) is 12.1 Å². The Morgan fingerprint density at radius 3 is 2.42 bits per heavy atom. The van der Waals surface area contributed by atoms with Crippen molar-refractivity contribution in [2.75, 3.05) is 0 Å². The molecule has 0 unspecified atom stereocenters. The number of hydrogen-bond acceptors (Lipinski definition) is 4. The molecular formula is C18H16N2O4. The highest BCUT2D eigenvalue weighted by Crippen LogP contribution is 2.15. The van der Waals surface area contributed by atoms with Crippen molar-refractivity contribution in [2.45, 2.75) is 6.54 Å². The largest absolute Gasteiger partial charge is 0.423 e. The van der Waals surface area contributed by atoms with Gasteiger partial charge in [0.2, 0.25) is 11.8 Å². The third-order valence-corrected chi connectivity index (χ3v) is 3.17. The Balaban J connectivity index is 2.02. The third kappa shape index (κ3) is 4.54. The Kier molecular flexibility index (Phi) is 5.46. The summed E-state index contributed by atoms with van der Waals surface area (Å²) in [6.45, 7) is 3.70. The van der Waals surface area contributed by atoms with Crippen LogP contribution in [0.25, 0.3) is 0 Å². The predicted molar refractivity (Wildman–Crippen MR) is 88.4 cm³/mol. The van der Waals surface area contributed by atoms with E-state index in [1.54, 1.807) is 36.4 Å². The standard InChI is InChI=1S/C18H16N2O4/c1-2-16(21)20-11-12-6-8-13(9-7-12)18(23)24-15-5-3-4-14(10-15)17(19)22/h2-10H,1,11H2,(H2,19,22)(H,20,21). The summed E-state index contributed by atoms with van der Waals surface area (Å²) >= 11 is 0. The molecule has 0 heterocycles. The molecule has 122 valence electrons. The van der Waals surface area contributed by atoms with Gasteiger partial charge in [-0.25, -0.2) is 4.79 Å². The van der Waals surface area contributed by atoms with Crippen molar-refractivity contribution in [3.63, 3.8) is 0 Å². The maximum atomic E-state index is 12.1. The highest BCUT2D eigenvalue weighted by Gasteiger charge is 2.10. The van der Waals surface area contributed by atoms with Crippen molar-refractivity contribution >= 4 is 17.8 Å². The zero-order chi connectivity index (χ0) is 17.5. The predicted octanol–water partition coefficient (Wildman–Crippen LogP) is 1.81. The Hall–Kier alpha value is -3.41. The molecule has 24 heavy (non-hydrogen) atoms. The number of primary amides is 1. The van der Waals surface area contributed by atoms with Gasteiger partial charge in [-0.05, 0) is 42.0 Å². The van der Waals surface area contributed by atoms with Gasteiger partial charge in [0.1, 0.15) is 5.75 Å². The molecule has 2 aromatic carbocycles. The molecule has 0 fully saturated rings. The summed E-state index contributed by atoms with van der Waals surface area (Å²) in [5.41, 5.74) is 6.62. The first-order valence-electron chi connectivity index (χ1n) is 7.11. The van der Waals surface area contributed by atoms with Gasteiger partial charge in [-0.2, -0.15) is 0 Å². The number of benzene rings is 2. The molecule has 0 atom stereocenters. The maximum absolute atomic E-state index is 12.1. The summed E-state index contributed by atoms with van der Waals surface area (Å²) in [6.07, 6.45) is 1.19. The van der Waals surface area contributed by atoms with Gasteiger partial charge in [0.25, 0.3) is 0 Å². The molecule has 2 aromatic rings. The Morgan fingerprint density at radius 2 is 1.79 bits per heavy atom. The van der Waals surface area contributed by atoms with Crippen LogP contribution in [-0.4, -0.2) is 17.8 Å². The van der Waals surface area contributed by atoms with Gasteiger partial charge in [-0.15, -0.1) is 0 Å². The van der Waals surface area contributed by atoms with Crippen LogP contribution >= 0.6 is 0 Å². The van der Waals surface area contributed by atoms with Crippen LogP contribution in [0.2, 0.25) is 0 Å². The van der Waals surface area contributed by atoms with Crippen LogP contribution in [-0.2, 0) is 11.3 Å². The molecular weight excluding hydrogens is 308 g/mol. The van der Waals surface area contributed by atoms with E-state index in [1.807, 2.05) is 0 Å². The van der Waals surface area contributed by atoms with Gasteiger partial charge in [-0.1, -0.05) is 24.8 Å². The monoisotopic (exact) mass is 324 g/mol. The molecule has 0 radical (unpaired) electrons. The first-order valence-corrected chi connectivity index (χ1v) is 7.11. The lowest BCUT2D eigenvalue weighted by atomic mass is 10.1. The number of carbonyl (C=O) groups excluding carboxylic acids is 3. The van der Waals surface area contributed by atoms with Gasteiger partial charge in [-0.3, -0.25) is 9.59 Å². The first kappa shape index (κ1) is 17.0. The lowest BCUT2D eigenvalue weighted by Gasteiger charge is -2.07. The van der Waals surface area contributed by atoms with Crippen LogP contribution in [0.5, 0.6) is 5.75 Å². The zero-order valence-electron chi connectivity index (χ0n) is 12.8. The van der Waals surface area contributed by atoms with Crippen LogP contribution < -0.4 is 15.8 Å². The van der Waals surface area contributed by atoms with E-state index in [-0.39, 0.29) is 17.2 Å². The number of nitrogens with two attached hydrogens (primary N) is 1. The van der Waals surface area contributed by atoms with E-state index in [4.69, 9.17) is 10.5 Å². The summed E-state index contributed by atoms with van der Waals surface area (Å²) in [4.78, 5) is 34.3. The fourth-order valence-electron chi connectivity index (χ4n) is 1.90. The molecule has 0 aliphatic carbocycles. The number of esters is 1. The summed E-state index contributed by atoms with van der Waals surface area (Å²) < 4.78 is 5.22. The minimum absolute atomic E-state index is 0.235. The smallest absolute Gasteiger partial charge is 0.343 e. The molecule has 0 bridgehead atoms. The highest BCUT2D eigenvalue weighted by molar-refractivity contribution is 5.94. The van der Waals surface area contributed by atoms with Crippen LogP contribution in [0.1, 0.15) is 26.3 Å². The second-order valence-electron chi connectivity index (χ2n) is 4.90. The number of amides is 2. The second kappa shape index (κ2) is 7.73. The number of rotatable bonds is 6. The molecule has 0 aliphatic rings. The number of nitrogens with one attached hydrogen (secondary N) is 1. The van der Waals surface area contributed by atoms with Crippen molar-refractivity contribution in [3.8, 4) is 5.75 Å². The van der Waals surface area contributed by atoms with Crippen LogP contribution in [0.3, 0.4) is 0 Å². The summed E-state index contributed by atoms with van der Waals surface area (Å²) in [5.74, 6) is -1.19. The molecule has 3 N–H and O–H groups in total. The molecule has 0 aromatic heterocycles. The molecule has 2 rings (SSSR count). The molecule has 2 amide bonds. The molecule has 6 nitrogen and oxygen atoms in total. The van der Waals surface area contributed by atoms with E-state index < -0.39 is 11.9 Å².